The van der Waals surface area contributed by atoms with E-state index in [0.717, 1.165) is 25.8 Å². The first-order valence-electron chi connectivity index (χ1n) is 8.08. The SMILES string of the molecule is CC(C)[C@@H]1CCCCN1C(=O)c1ccc(S(=O)(=O)N(C)C)cc1. The van der Waals surface area contributed by atoms with E-state index in [1.807, 2.05) is 4.90 Å². The van der Waals surface area contributed by atoms with E-state index >= 15 is 0 Å². The Kier molecular flexibility index (Phi) is 5.47. The number of nitrogens with zero attached hydrogens (tertiary/aromatic N) is 2. The van der Waals surface area contributed by atoms with Crippen LogP contribution in [0.25, 0.3) is 0 Å². The Balaban J connectivity index is 2.23. The van der Waals surface area contributed by atoms with Crippen LogP contribution in [0.5, 0.6) is 0 Å². The van der Waals surface area contributed by atoms with Gasteiger partial charge in [-0.1, -0.05) is 13.8 Å². The first-order chi connectivity index (χ1) is 10.7. The summed E-state index contributed by atoms with van der Waals surface area (Å²) in [4.78, 5) is 14.9. The minimum absolute atomic E-state index is 0.00259. The van der Waals surface area contributed by atoms with E-state index in [9.17, 15) is 13.2 Å². The van der Waals surface area contributed by atoms with E-state index in [0.29, 0.717) is 11.5 Å². The Hall–Kier alpha value is -1.40. The minimum Gasteiger partial charge on any atom is -0.335 e. The zero-order valence-electron chi connectivity index (χ0n) is 14.3. The standard InChI is InChI=1S/C17H26N2O3S/c1-13(2)16-7-5-6-12-19(16)17(20)14-8-10-15(11-9-14)23(21,22)18(3)4/h8-11,13,16H,5-7,12H2,1-4H3/t16-/m0/s1. The molecule has 1 fully saturated rings. The highest BCUT2D eigenvalue weighted by molar-refractivity contribution is 7.89. The lowest BCUT2D eigenvalue weighted by atomic mass is 9.92. The Morgan fingerprint density at radius 2 is 1.78 bits per heavy atom. The molecule has 6 heteroatoms. The second kappa shape index (κ2) is 7.01. The lowest BCUT2D eigenvalue weighted by Crippen LogP contribution is -2.46. The lowest BCUT2D eigenvalue weighted by molar-refractivity contribution is 0.0543. The van der Waals surface area contributed by atoms with Gasteiger partial charge in [-0.25, -0.2) is 12.7 Å². The molecule has 0 unspecified atom stereocenters. The molecule has 0 spiro atoms. The fourth-order valence-corrected chi connectivity index (χ4v) is 3.95. The van der Waals surface area contributed by atoms with Gasteiger partial charge in [0.05, 0.1) is 4.90 Å². The van der Waals surface area contributed by atoms with Crippen molar-refractivity contribution in [3.05, 3.63) is 29.8 Å². The van der Waals surface area contributed by atoms with Gasteiger partial charge in [-0.15, -0.1) is 0 Å². The smallest absolute Gasteiger partial charge is 0.254 e. The lowest BCUT2D eigenvalue weighted by Gasteiger charge is -2.38. The summed E-state index contributed by atoms with van der Waals surface area (Å²) in [5.41, 5.74) is 0.551. The number of carbonyl (C=O) groups excluding carboxylic acids is 1. The summed E-state index contributed by atoms with van der Waals surface area (Å²) >= 11 is 0. The van der Waals surface area contributed by atoms with Crippen LogP contribution in [-0.4, -0.2) is 50.2 Å². The first-order valence-corrected chi connectivity index (χ1v) is 9.52. The molecule has 1 heterocycles. The van der Waals surface area contributed by atoms with Crippen LogP contribution in [-0.2, 0) is 10.0 Å². The molecule has 0 radical (unpaired) electrons. The van der Waals surface area contributed by atoms with Crippen LogP contribution >= 0.6 is 0 Å². The molecule has 5 nitrogen and oxygen atoms in total. The van der Waals surface area contributed by atoms with Gasteiger partial charge < -0.3 is 4.90 Å². The summed E-state index contributed by atoms with van der Waals surface area (Å²) in [7, 11) is -0.469. The third-order valence-corrected chi connectivity index (χ3v) is 6.29. The van der Waals surface area contributed by atoms with Gasteiger partial charge in [0, 0.05) is 32.2 Å². The first kappa shape index (κ1) is 17.9. The van der Waals surface area contributed by atoms with Crippen LogP contribution in [0.2, 0.25) is 0 Å². The normalized spacial score (nSPS) is 19.4. The molecule has 1 aliphatic rings. The van der Waals surface area contributed by atoms with Crippen LogP contribution in [0.3, 0.4) is 0 Å². The van der Waals surface area contributed by atoms with Crippen molar-refractivity contribution in [2.24, 2.45) is 5.92 Å². The fraction of sp³-hybridized carbons (Fsp3) is 0.588. The van der Waals surface area contributed by atoms with E-state index in [1.54, 1.807) is 12.1 Å². The average Bonchev–Trinajstić information content (AvgIpc) is 2.54. The molecular weight excluding hydrogens is 312 g/mol. The van der Waals surface area contributed by atoms with E-state index in [4.69, 9.17) is 0 Å². The maximum atomic E-state index is 12.8. The number of amides is 1. The van der Waals surface area contributed by atoms with Gasteiger partial charge in [0.2, 0.25) is 10.0 Å². The molecule has 1 aromatic carbocycles. The molecule has 23 heavy (non-hydrogen) atoms. The Labute approximate surface area is 139 Å². The van der Waals surface area contributed by atoms with Crippen molar-refractivity contribution in [1.82, 2.24) is 9.21 Å². The molecule has 1 saturated heterocycles. The quantitative estimate of drug-likeness (QED) is 0.848. The third-order valence-electron chi connectivity index (χ3n) is 4.46. The van der Waals surface area contributed by atoms with Crippen molar-refractivity contribution in [3.8, 4) is 0 Å². The summed E-state index contributed by atoms with van der Waals surface area (Å²) in [5, 5.41) is 0. The van der Waals surface area contributed by atoms with E-state index in [-0.39, 0.29) is 16.8 Å². The molecule has 0 bridgehead atoms. The molecule has 0 aromatic heterocycles. The van der Waals surface area contributed by atoms with E-state index < -0.39 is 10.0 Å². The van der Waals surface area contributed by atoms with Crippen LogP contribution in [0.15, 0.2) is 29.2 Å². The highest BCUT2D eigenvalue weighted by atomic mass is 32.2. The molecule has 1 aromatic rings. The number of likely N-dealkylation sites (tertiary alicyclic amines) is 1. The summed E-state index contributed by atoms with van der Waals surface area (Å²) in [5.74, 6) is 0.421. The monoisotopic (exact) mass is 338 g/mol. The molecule has 0 saturated carbocycles. The number of carbonyl (C=O) groups is 1. The second-order valence-corrected chi connectivity index (χ2v) is 8.77. The zero-order chi connectivity index (χ0) is 17.2. The predicted octanol–water partition coefficient (Wildman–Crippen LogP) is 2.59. The molecule has 1 aliphatic heterocycles. The molecule has 0 N–H and O–H groups in total. The van der Waals surface area contributed by atoms with Gasteiger partial charge in [0.15, 0.2) is 0 Å². The topological polar surface area (TPSA) is 57.7 Å². The van der Waals surface area contributed by atoms with E-state index in [1.165, 1.54) is 30.5 Å². The Bertz CT molecular complexity index is 651. The van der Waals surface area contributed by atoms with Gasteiger partial charge in [-0.05, 0) is 49.4 Å². The minimum atomic E-state index is -3.46. The van der Waals surface area contributed by atoms with Gasteiger partial charge in [-0.3, -0.25) is 4.79 Å². The number of rotatable bonds is 4. The molecule has 2 rings (SSSR count). The summed E-state index contributed by atoms with van der Waals surface area (Å²) in [6.07, 6.45) is 3.23. The average molecular weight is 338 g/mol. The zero-order valence-corrected chi connectivity index (χ0v) is 15.1. The van der Waals surface area contributed by atoms with E-state index in [2.05, 4.69) is 13.8 Å². The van der Waals surface area contributed by atoms with Crippen molar-refractivity contribution >= 4 is 15.9 Å². The highest BCUT2D eigenvalue weighted by Crippen LogP contribution is 2.25. The third kappa shape index (κ3) is 3.75. The summed E-state index contributed by atoms with van der Waals surface area (Å²) < 4.78 is 25.3. The number of hydrogen-bond acceptors (Lipinski definition) is 3. The van der Waals surface area contributed by atoms with Crippen molar-refractivity contribution in [3.63, 3.8) is 0 Å². The van der Waals surface area contributed by atoms with Crippen molar-refractivity contribution in [2.45, 2.75) is 44.0 Å². The maximum absolute atomic E-state index is 12.8. The molecular formula is C17H26N2O3S. The van der Waals surface area contributed by atoms with Crippen LogP contribution in [0.4, 0.5) is 0 Å². The van der Waals surface area contributed by atoms with Crippen LogP contribution < -0.4 is 0 Å². The number of benzene rings is 1. The van der Waals surface area contributed by atoms with Crippen LogP contribution in [0.1, 0.15) is 43.5 Å². The number of piperidine rings is 1. The summed E-state index contributed by atoms with van der Waals surface area (Å²) in [6.45, 7) is 5.06. The van der Waals surface area contributed by atoms with Crippen LogP contribution in [0, 0.1) is 5.92 Å². The largest absolute Gasteiger partial charge is 0.335 e. The Morgan fingerprint density at radius 1 is 1.17 bits per heavy atom. The maximum Gasteiger partial charge on any atom is 0.254 e. The number of sulfonamides is 1. The second-order valence-electron chi connectivity index (χ2n) is 6.62. The van der Waals surface area contributed by atoms with Gasteiger partial charge in [-0.2, -0.15) is 0 Å². The number of hydrogen-bond donors (Lipinski definition) is 0. The molecule has 1 atom stereocenters. The van der Waals surface area contributed by atoms with Gasteiger partial charge >= 0.3 is 0 Å². The highest BCUT2D eigenvalue weighted by Gasteiger charge is 2.29. The predicted molar refractivity (Wildman–Crippen MR) is 90.8 cm³/mol. The Morgan fingerprint density at radius 3 is 2.30 bits per heavy atom. The molecule has 128 valence electrons. The van der Waals surface area contributed by atoms with Crippen molar-refractivity contribution in [1.29, 1.82) is 0 Å². The van der Waals surface area contributed by atoms with Gasteiger partial charge in [0.25, 0.3) is 5.91 Å². The van der Waals surface area contributed by atoms with Gasteiger partial charge in [0.1, 0.15) is 0 Å². The summed E-state index contributed by atoms with van der Waals surface area (Å²) in [6, 6.07) is 6.52. The molecule has 0 aliphatic carbocycles. The fourth-order valence-electron chi connectivity index (χ4n) is 3.05. The van der Waals surface area contributed by atoms with Crippen molar-refractivity contribution < 1.29 is 13.2 Å². The molecule has 1 amide bonds. The van der Waals surface area contributed by atoms with Crippen molar-refractivity contribution in [2.75, 3.05) is 20.6 Å².